The topological polar surface area (TPSA) is 97.2 Å². The van der Waals surface area contributed by atoms with Crippen LogP contribution >= 0.6 is 11.6 Å². The number of rotatable bonds is 4. The maximum absolute atomic E-state index is 9.48. The number of hydrogen-bond donors (Lipinski definition) is 3. The zero-order valence-corrected chi connectivity index (χ0v) is 16.1. The number of aromatic nitrogens is 2. The first-order valence-electron chi connectivity index (χ1n) is 9.15. The van der Waals surface area contributed by atoms with Gasteiger partial charge >= 0.3 is 0 Å². The SMILES string of the molecule is Cc1ccc2oc(-c3c(Cl)nc(N)nc3N[C@@H]3C[C@H](CO)C[C@H]3C)cc2c1. The standard InChI is InChI=1S/C20H23ClN4O2/c1-10-3-4-15-13(5-10)8-16(27-15)17-18(21)24-20(22)25-19(17)23-14-7-12(9-26)6-11(14)2/h3-5,8,11-12,14,26H,6-7,9H2,1-2H3,(H3,22,23,24,25)/t11-,12-,14-/m1/s1. The molecule has 1 fully saturated rings. The Morgan fingerprint density at radius 2 is 2.11 bits per heavy atom. The number of nitrogens with one attached hydrogen (secondary N) is 1. The number of hydrogen-bond acceptors (Lipinski definition) is 6. The van der Waals surface area contributed by atoms with Gasteiger partial charge in [-0.3, -0.25) is 0 Å². The molecule has 27 heavy (non-hydrogen) atoms. The van der Waals surface area contributed by atoms with Gasteiger partial charge in [0.1, 0.15) is 22.3 Å². The van der Waals surface area contributed by atoms with Gasteiger partial charge in [0.25, 0.3) is 0 Å². The number of aliphatic hydroxyl groups excluding tert-OH is 1. The number of halogens is 1. The Labute approximate surface area is 162 Å². The van der Waals surface area contributed by atoms with Crippen LogP contribution in [0.1, 0.15) is 25.3 Å². The third kappa shape index (κ3) is 3.47. The van der Waals surface area contributed by atoms with E-state index >= 15 is 0 Å². The average molecular weight is 387 g/mol. The Balaban J connectivity index is 1.75. The van der Waals surface area contributed by atoms with Crippen molar-refractivity contribution in [1.29, 1.82) is 0 Å². The predicted molar refractivity (Wildman–Crippen MR) is 108 cm³/mol. The van der Waals surface area contributed by atoms with Crippen molar-refractivity contribution in [3.8, 4) is 11.3 Å². The molecule has 1 aromatic carbocycles. The second kappa shape index (κ2) is 7.02. The number of fused-ring (bicyclic) bond motifs is 1. The molecule has 0 spiro atoms. The van der Waals surface area contributed by atoms with Crippen LogP contribution in [0.2, 0.25) is 5.15 Å². The minimum absolute atomic E-state index is 0.113. The molecule has 2 heterocycles. The largest absolute Gasteiger partial charge is 0.456 e. The van der Waals surface area contributed by atoms with Crippen molar-refractivity contribution in [1.82, 2.24) is 9.97 Å². The lowest BCUT2D eigenvalue weighted by molar-refractivity contribution is 0.226. The van der Waals surface area contributed by atoms with Gasteiger partial charge in [-0.25, -0.2) is 4.98 Å². The molecular formula is C20H23ClN4O2. The van der Waals surface area contributed by atoms with Gasteiger partial charge in [0.15, 0.2) is 0 Å². The minimum atomic E-state index is 0.113. The lowest BCUT2D eigenvalue weighted by Gasteiger charge is -2.20. The van der Waals surface area contributed by atoms with E-state index in [4.69, 9.17) is 21.8 Å². The molecular weight excluding hydrogens is 364 g/mol. The van der Waals surface area contributed by atoms with Crippen molar-refractivity contribution in [3.05, 3.63) is 35.0 Å². The molecule has 0 radical (unpaired) electrons. The fourth-order valence-corrected chi connectivity index (χ4v) is 4.23. The Morgan fingerprint density at radius 3 is 2.85 bits per heavy atom. The first-order chi connectivity index (χ1) is 12.9. The van der Waals surface area contributed by atoms with Crippen LogP contribution in [0.4, 0.5) is 11.8 Å². The van der Waals surface area contributed by atoms with E-state index in [1.165, 1.54) is 0 Å². The van der Waals surface area contributed by atoms with Crippen molar-refractivity contribution in [2.45, 2.75) is 32.7 Å². The molecule has 4 rings (SSSR count). The number of furan rings is 1. The fraction of sp³-hybridized carbons (Fsp3) is 0.400. The number of aliphatic hydroxyl groups is 1. The molecule has 7 heteroatoms. The Kier molecular flexibility index (Phi) is 4.70. The first-order valence-corrected chi connectivity index (χ1v) is 9.53. The quantitative estimate of drug-likeness (QED) is 0.580. The van der Waals surface area contributed by atoms with E-state index in [1.807, 2.05) is 25.1 Å². The zero-order chi connectivity index (χ0) is 19.1. The average Bonchev–Trinajstić information content (AvgIpc) is 3.17. The van der Waals surface area contributed by atoms with Crippen LogP contribution in [0.5, 0.6) is 0 Å². The number of aryl methyl sites for hydroxylation is 1. The molecule has 1 aliphatic carbocycles. The van der Waals surface area contributed by atoms with E-state index in [-0.39, 0.29) is 23.8 Å². The Bertz CT molecular complexity index is 988. The number of nitrogens with two attached hydrogens (primary N) is 1. The van der Waals surface area contributed by atoms with Gasteiger partial charge in [0.05, 0.1) is 5.56 Å². The van der Waals surface area contributed by atoms with Gasteiger partial charge in [-0.2, -0.15) is 4.98 Å². The predicted octanol–water partition coefficient (Wildman–Crippen LogP) is 4.25. The highest BCUT2D eigenvalue weighted by atomic mass is 35.5. The van der Waals surface area contributed by atoms with Gasteiger partial charge < -0.3 is 20.6 Å². The number of nitrogens with zero attached hydrogens (tertiary/aromatic N) is 2. The van der Waals surface area contributed by atoms with Crippen LogP contribution in [-0.4, -0.2) is 27.7 Å². The summed E-state index contributed by atoms with van der Waals surface area (Å²) in [4.78, 5) is 8.51. The molecule has 4 N–H and O–H groups in total. The summed E-state index contributed by atoms with van der Waals surface area (Å²) in [7, 11) is 0. The molecule has 0 amide bonds. The molecule has 3 atom stereocenters. The van der Waals surface area contributed by atoms with Crippen LogP contribution in [-0.2, 0) is 0 Å². The van der Waals surface area contributed by atoms with E-state index in [1.54, 1.807) is 0 Å². The summed E-state index contributed by atoms with van der Waals surface area (Å²) >= 11 is 6.43. The molecule has 0 saturated heterocycles. The van der Waals surface area contributed by atoms with Crippen LogP contribution in [0, 0.1) is 18.8 Å². The highest BCUT2D eigenvalue weighted by Gasteiger charge is 2.32. The lowest BCUT2D eigenvalue weighted by Crippen LogP contribution is -2.23. The summed E-state index contributed by atoms with van der Waals surface area (Å²) in [5, 5.41) is 14.2. The van der Waals surface area contributed by atoms with Crippen LogP contribution in [0.25, 0.3) is 22.3 Å². The van der Waals surface area contributed by atoms with Crippen molar-refractivity contribution in [2.75, 3.05) is 17.7 Å². The van der Waals surface area contributed by atoms with E-state index in [0.717, 1.165) is 29.4 Å². The van der Waals surface area contributed by atoms with Gasteiger partial charge in [0.2, 0.25) is 5.95 Å². The molecule has 6 nitrogen and oxygen atoms in total. The smallest absolute Gasteiger partial charge is 0.223 e. The van der Waals surface area contributed by atoms with Gasteiger partial charge in [-0.1, -0.05) is 30.2 Å². The second-order valence-corrected chi connectivity index (χ2v) is 7.85. The van der Waals surface area contributed by atoms with E-state index < -0.39 is 0 Å². The minimum Gasteiger partial charge on any atom is -0.456 e. The highest BCUT2D eigenvalue weighted by Crippen LogP contribution is 2.39. The maximum Gasteiger partial charge on any atom is 0.223 e. The monoisotopic (exact) mass is 386 g/mol. The molecule has 142 valence electrons. The molecule has 1 saturated carbocycles. The maximum atomic E-state index is 9.48. The van der Waals surface area contributed by atoms with Crippen LogP contribution < -0.4 is 11.1 Å². The van der Waals surface area contributed by atoms with Crippen molar-refractivity contribution >= 4 is 34.3 Å². The normalized spacial score (nSPS) is 22.4. The number of nitrogen functional groups attached to an aromatic ring is 1. The summed E-state index contributed by atoms with van der Waals surface area (Å²) in [5.41, 5.74) is 8.39. The summed E-state index contributed by atoms with van der Waals surface area (Å²) in [6.07, 6.45) is 1.85. The third-order valence-corrected chi connectivity index (χ3v) is 5.63. The third-order valence-electron chi connectivity index (χ3n) is 5.36. The van der Waals surface area contributed by atoms with Crippen LogP contribution in [0.15, 0.2) is 28.7 Å². The van der Waals surface area contributed by atoms with E-state index in [9.17, 15) is 5.11 Å². The fourth-order valence-electron chi connectivity index (χ4n) is 3.96. The van der Waals surface area contributed by atoms with E-state index in [0.29, 0.717) is 29.0 Å². The first kappa shape index (κ1) is 18.1. The van der Waals surface area contributed by atoms with Gasteiger partial charge in [-0.15, -0.1) is 0 Å². The van der Waals surface area contributed by atoms with Crippen molar-refractivity contribution in [2.24, 2.45) is 11.8 Å². The summed E-state index contributed by atoms with van der Waals surface area (Å²) in [6, 6.07) is 8.14. The Morgan fingerprint density at radius 1 is 1.30 bits per heavy atom. The highest BCUT2D eigenvalue weighted by molar-refractivity contribution is 6.32. The summed E-state index contributed by atoms with van der Waals surface area (Å²) in [6.45, 7) is 4.41. The summed E-state index contributed by atoms with van der Waals surface area (Å²) < 4.78 is 6.02. The molecule has 1 aliphatic rings. The lowest BCUT2D eigenvalue weighted by atomic mass is 10.1. The molecule has 0 unspecified atom stereocenters. The van der Waals surface area contributed by atoms with Crippen molar-refractivity contribution < 1.29 is 9.52 Å². The second-order valence-electron chi connectivity index (χ2n) is 7.50. The van der Waals surface area contributed by atoms with Gasteiger partial charge in [0, 0.05) is 18.0 Å². The zero-order valence-electron chi connectivity index (χ0n) is 15.4. The van der Waals surface area contributed by atoms with Gasteiger partial charge in [-0.05, 0) is 49.8 Å². The molecule has 0 bridgehead atoms. The molecule has 0 aliphatic heterocycles. The Hall–Kier alpha value is -2.31. The number of benzene rings is 1. The number of anilines is 2. The van der Waals surface area contributed by atoms with Crippen LogP contribution in [0.3, 0.4) is 0 Å². The van der Waals surface area contributed by atoms with E-state index in [2.05, 4.69) is 28.3 Å². The molecule has 2 aromatic heterocycles. The molecule has 3 aromatic rings. The summed E-state index contributed by atoms with van der Waals surface area (Å²) in [5.74, 6) is 1.99. The van der Waals surface area contributed by atoms with Crippen molar-refractivity contribution in [3.63, 3.8) is 0 Å².